The molecule has 0 bridgehead atoms. The van der Waals surface area contributed by atoms with Crippen molar-refractivity contribution in [1.82, 2.24) is 9.97 Å². The van der Waals surface area contributed by atoms with Gasteiger partial charge in [0.15, 0.2) is 0 Å². The molecule has 2 aromatic carbocycles. The Morgan fingerprint density at radius 2 is 1.93 bits per heavy atom. The number of rotatable bonds is 6. The third kappa shape index (κ3) is 4.05. The molecule has 4 rings (SSSR count). The van der Waals surface area contributed by atoms with Crippen molar-refractivity contribution in [2.75, 3.05) is 7.11 Å². The van der Waals surface area contributed by atoms with E-state index in [2.05, 4.69) is 36.2 Å². The second-order valence-corrected chi connectivity index (χ2v) is 7.97. The first-order chi connectivity index (χ1) is 14.2. The molecule has 2 heterocycles. The van der Waals surface area contributed by atoms with Crippen molar-refractivity contribution >= 4 is 27.5 Å². The van der Waals surface area contributed by atoms with Gasteiger partial charge in [0.2, 0.25) is 0 Å². The number of carbonyl (C=O) groups excluding carboxylic acids is 1. The van der Waals surface area contributed by atoms with Gasteiger partial charge in [0.25, 0.3) is 0 Å². The fraction of sp³-hybridized carbons (Fsp3) is 0.208. The van der Waals surface area contributed by atoms with Crippen molar-refractivity contribution in [2.24, 2.45) is 0 Å². The molecular weight excluding hydrogens is 380 g/mol. The maximum atomic E-state index is 11.6. The summed E-state index contributed by atoms with van der Waals surface area (Å²) in [6, 6.07) is 18.1. The molecule has 2 aromatic heterocycles. The highest BCUT2D eigenvalue weighted by Gasteiger charge is 2.16. The normalized spacial score (nSPS) is 12.1. The Morgan fingerprint density at radius 3 is 2.62 bits per heavy atom. The smallest absolute Gasteiger partial charge is 0.337 e. The van der Waals surface area contributed by atoms with Gasteiger partial charge in [-0.15, -0.1) is 11.3 Å². The van der Waals surface area contributed by atoms with Crippen LogP contribution in [-0.2, 0) is 4.74 Å². The maximum absolute atomic E-state index is 11.6. The van der Waals surface area contributed by atoms with E-state index in [4.69, 9.17) is 9.72 Å². The minimum atomic E-state index is -0.331. The number of esters is 1. The molecule has 146 valence electrons. The number of ether oxygens (including phenoxy) is 1. The molecule has 29 heavy (non-hydrogen) atoms. The summed E-state index contributed by atoms with van der Waals surface area (Å²) >= 11 is 1.67. The van der Waals surface area contributed by atoms with Crippen LogP contribution in [-0.4, -0.2) is 23.0 Å². The molecule has 0 saturated heterocycles. The number of thiazole rings is 1. The van der Waals surface area contributed by atoms with E-state index in [0.717, 1.165) is 28.9 Å². The van der Waals surface area contributed by atoms with Crippen molar-refractivity contribution in [3.63, 3.8) is 0 Å². The van der Waals surface area contributed by atoms with Gasteiger partial charge in [0.05, 0.1) is 22.9 Å². The quantitative estimate of drug-likeness (QED) is 0.367. The molecular formula is C24H22N2O2S. The van der Waals surface area contributed by atoms with Crippen LogP contribution in [0.1, 0.15) is 47.2 Å². The van der Waals surface area contributed by atoms with Gasteiger partial charge >= 0.3 is 5.97 Å². The van der Waals surface area contributed by atoms with Crippen LogP contribution in [0.3, 0.4) is 0 Å². The number of hydrogen-bond acceptors (Lipinski definition) is 5. The highest BCUT2D eigenvalue weighted by Crippen LogP contribution is 2.35. The fourth-order valence-electron chi connectivity index (χ4n) is 3.54. The summed E-state index contributed by atoms with van der Waals surface area (Å²) in [6.45, 7) is 2.21. The molecule has 5 heteroatoms. The van der Waals surface area contributed by atoms with E-state index in [1.54, 1.807) is 23.5 Å². The highest BCUT2D eigenvalue weighted by atomic mass is 32.1. The zero-order chi connectivity index (χ0) is 20.2. The number of pyridine rings is 1. The zero-order valence-corrected chi connectivity index (χ0v) is 17.3. The molecule has 4 aromatic rings. The number of nitrogens with zero attached hydrogens (tertiary/aromatic N) is 2. The summed E-state index contributed by atoms with van der Waals surface area (Å²) in [4.78, 5) is 20.7. The summed E-state index contributed by atoms with van der Waals surface area (Å²) in [5.74, 6) is 0.00542. The molecule has 0 aliphatic carbocycles. The third-order valence-corrected chi connectivity index (χ3v) is 6.10. The van der Waals surface area contributed by atoms with Gasteiger partial charge in [-0.25, -0.2) is 9.78 Å². The molecule has 0 aliphatic rings. The molecule has 0 radical (unpaired) electrons. The number of carbonyl (C=O) groups is 1. The van der Waals surface area contributed by atoms with Gasteiger partial charge in [0, 0.05) is 23.9 Å². The van der Waals surface area contributed by atoms with Crippen molar-refractivity contribution in [3.8, 4) is 10.6 Å². The van der Waals surface area contributed by atoms with E-state index in [1.165, 1.54) is 22.9 Å². The van der Waals surface area contributed by atoms with E-state index in [9.17, 15) is 4.79 Å². The second kappa shape index (κ2) is 8.53. The Labute approximate surface area is 174 Å². The van der Waals surface area contributed by atoms with Crippen molar-refractivity contribution in [3.05, 3.63) is 83.7 Å². The highest BCUT2D eigenvalue weighted by molar-refractivity contribution is 7.21. The first-order valence-corrected chi connectivity index (χ1v) is 10.5. The standard InChI is InChI=1S/C24H22N2O2S/c1-3-5-20(19-6-4-13-25-15-19)18-11-12-21-22(14-18)29-23(26-21)16-7-9-17(10-8-16)24(27)28-2/h4,6-15,20H,3,5H2,1-2H3. The molecule has 1 unspecified atom stereocenters. The maximum Gasteiger partial charge on any atom is 0.337 e. The lowest BCUT2D eigenvalue weighted by molar-refractivity contribution is 0.0601. The SMILES string of the molecule is CCCC(c1cccnc1)c1ccc2nc(-c3ccc(C(=O)OC)cc3)sc2c1. The molecule has 0 fully saturated rings. The van der Waals surface area contributed by atoms with Crippen LogP contribution in [0, 0.1) is 0 Å². The molecule has 4 nitrogen and oxygen atoms in total. The van der Waals surface area contributed by atoms with Gasteiger partial charge in [-0.05, 0) is 47.9 Å². The number of benzene rings is 2. The van der Waals surface area contributed by atoms with E-state index >= 15 is 0 Å². The fourth-order valence-corrected chi connectivity index (χ4v) is 4.56. The molecule has 0 spiro atoms. The van der Waals surface area contributed by atoms with Gasteiger partial charge in [0.1, 0.15) is 5.01 Å². The molecule has 0 N–H and O–H groups in total. The predicted octanol–water partition coefficient (Wildman–Crippen LogP) is 6.08. The van der Waals surface area contributed by atoms with Crippen LogP contribution in [0.5, 0.6) is 0 Å². The lowest BCUT2D eigenvalue weighted by atomic mass is 9.88. The summed E-state index contributed by atoms with van der Waals surface area (Å²) in [5.41, 5.74) is 5.07. The van der Waals surface area contributed by atoms with Crippen LogP contribution in [0.15, 0.2) is 67.0 Å². The first kappa shape index (κ1) is 19.3. The predicted molar refractivity (Wildman–Crippen MR) is 117 cm³/mol. The Bertz CT molecular complexity index is 1120. The Kier molecular flexibility index (Phi) is 5.67. The number of aromatic nitrogens is 2. The number of hydrogen-bond donors (Lipinski definition) is 0. The topological polar surface area (TPSA) is 52.1 Å². The zero-order valence-electron chi connectivity index (χ0n) is 16.5. The Balaban J connectivity index is 1.68. The largest absolute Gasteiger partial charge is 0.465 e. The molecule has 1 atom stereocenters. The first-order valence-electron chi connectivity index (χ1n) is 9.68. The summed E-state index contributed by atoms with van der Waals surface area (Å²) in [7, 11) is 1.39. The van der Waals surface area contributed by atoms with Crippen molar-refractivity contribution in [2.45, 2.75) is 25.7 Å². The second-order valence-electron chi connectivity index (χ2n) is 6.94. The molecule has 0 aliphatic heterocycles. The van der Waals surface area contributed by atoms with Crippen LogP contribution in [0.4, 0.5) is 0 Å². The monoisotopic (exact) mass is 402 g/mol. The van der Waals surface area contributed by atoms with E-state index in [1.807, 2.05) is 30.6 Å². The Morgan fingerprint density at radius 1 is 1.10 bits per heavy atom. The summed E-state index contributed by atoms with van der Waals surface area (Å²) in [6.07, 6.45) is 5.97. The lowest BCUT2D eigenvalue weighted by Gasteiger charge is -2.16. The Hall–Kier alpha value is -3.05. The van der Waals surface area contributed by atoms with Gasteiger partial charge in [-0.3, -0.25) is 4.98 Å². The summed E-state index contributed by atoms with van der Waals surface area (Å²) in [5, 5.41) is 0.946. The lowest BCUT2D eigenvalue weighted by Crippen LogP contribution is -2.01. The van der Waals surface area contributed by atoms with Crippen LogP contribution < -0.4 is 0 Å². The van der Waals surface area contributed by atoms with E-state index < -0.39 is 0 Å². The van der Waals surface area contributed by atoms with Crippen LogP contribution >= 0.6 is 11.3 Å². The number of methoxy groups -OCH3 is 1. The van der Waals surface area contributed by atoms with Gasteiger partial charge in [-0.2, -0.15) is 0 Å². The van der Waals surface area contributed by atoms with E-state index in [-0.39, 0.29) is 5.97 Å². The van der Waals surface area contributed by atoms with Gasteiger partial charge < -0.3 is 4.74 Å². The van der Waals surface area contributed by atoms with Gasteiger partial charge in [-0.1, -0.05) is 37.6 Å². The van der Waals surface area contributed by atoms with Crippen molar-refractivity contribution in [1.29, 1.82) is 0 Å². The third-order valence-electron chi connectivity index (χ3n) is 5.03. The van der Waals surface area contributed by atoms with Crippen LogP contribution in [0.2, 0.25) is 0 Å². The summed E-state index contributed by atoms with van der Waals surface area (Å²) < 4.78 is 5.93. The average Bonchev–Trinajstić information content (AvgIpc) is 3.21. The molecule has 0 saturated carbocycles. The molecule has 0 amide bonds. The van der Waals surface area contributed by atoms with E-state index in [0.29, 0.717) is 11.5 Å². The van der Waals surface area contributed by atoms with Crippen LogP contribution in [0.25, 0.3) is 20.8 Å². The average molecular weight is 403 g/mol. The van der Waals surface area contributed by atoms with Crippen molar-refractivity contribution < 1.29 is 9.53 Å². The number of fused-ring (bicyclic) bond motifs is 1. The minimum absolute atomic E-state index is 0.331. The minimum Gasteiger partial charge on any atom is -0.465 e.